The van der Waals surface area contributed by atoms with Gasteiger partial charge in [-0.3, -0.25) is 0 Å². The minimum absolute atomic E-state index is 0.219. The third-order valence-corrected chi connectivity index (χ3v) is 11.0. The number of hydrogen-bond donors (Lipinski definition) is 0. The molecule has 0 unspecified atom stereocenters. The molecule has 5 aromatic carbocycles. The highest BCUT2D eigenvalue weighted by molar-refractivity contribution is 5.78. The molecule has 10 heteroatoms. The Kier molecular flexibility index (Phi) is 6.34. The molecule has 5 aromatic rings. The lowest BCUT2D eigenvalue weighted by molar-refractivity contribution is 0.351. The Hall–Kier alpha value is -7.14. The van der Waals surface area contributed by atoms with Crippen molar-refractivity contribution in [3.05, 3.63) is 114 Å². The minimum Gasteiger partial charge on any atom is -0.493 e. The molecule has 3 aliphatic carbocycles. The van der Waals surface area contributed by atoms with Crippen LogP contribution in [0.25, 0.3) is 0 Å². The van der Waals surface area contributed by atoms with Gasteiger partial charge in [-0.1, -0.05) is 0 Å². The molecule has 10 nitrogen and oxygen atoms in total. The topological polar surface area (TPSA) is 151 Å². The van der Waals surface area contributed by atoms with Crippen molar-refractivity contribution < 1.29 is 28.4 Å². The monoisotopic (exact) mass is 682 g/mol. The largest absolute Gasteiger partial charge is 0.493 e. The first-order valence-electron chi connectivity index (χ1n) is 16.4. The van der Waals surface area contributed by atoms with E-state index in [1.54, 1.807) is 41.9 Å². The number of hydrogen-bond acceptors (Lipinski definition) is 10. The van der Waals surface area contributed by atoms with Crippen LogP contribution in [0.4, 0.5) is 0 Å². The van der Waals surface area contributed by atoms with Gasteiger partial charge in [0.25, 0.3) is 0 Å². The summed E-state index contributed by atoms with van der Waals surface area (Å²) in [5.74, 6) is 3.07. The van der Waals surface area contributed by atoms with Gasteiger partial charge in [-0.25, -0.2) is 0 Å². The van der Waals surface area contributed by atoms with E-state index in [1.807, 2.05) is 36.4 Å². The lowest BCUT2D eigenvalue weighted by Gasteiger charge is -2.43. The SMILES string of the molecule is COc1cc2c(cc1OC)C1c3cc4c(cc3C2c2cc3c(cc21)Oc1c(C#N)c(C)c(C)c(C#N)c1O3)Oc1c(C#N)c(C)c(C)c(C#N)c1O4. The predicted octanol–water partition coefficient (Wildman–Crippen LogP) is 9.21. The summed E-state index contributed by atoms with van der Waals surface area (Å²) >= 11 is 0. The van der Waals surface area contributed by atoms with Crippen LogP contribution < -0.4 is 28.4 Å². The molecular weight excluding hydrogens is 656 g/mol. The Balaban J connectivity index is 1.27. The molecule has 0 spiro atoms. The van der Waals surface area contributed by atoms with Gasteiger partial charge in [-0.05, 0) is 120 Å². The molecule has 2 aliphatic heterocycles. The second kappa shape index (κ2) is 10.7. The van der Waals surface area contributed by atoms with Crippen molar-refractivity contribution in [3.63, 3.8) is 0 Å². The quantitative estimate of drug-likeness (QED) is 0.173. The fourth-order valence-corrected chi connectivity index (χ4v) is 8.17. The van der Waals surface area contributed by atoms with E-state index in [1.165, 1.54) is 0 Å². The van der Waals surface area contributed by atoms with Crippen molar-refractivity contribution >= 4 is 0 Å². The lowest BCUT2D eigenvalue weighted by Crippen LogP contribution is -2.28. The molecular formula is C42H26N4O6. The van der Waals surface area contributed by atoms with E-state index in [0.717, 1.165) is 33.4 Å². The van der Waals surface area contributed by atoms with Crippen molar-refractivity contribution in [2.75, 3.05) is 14.2 Å². The highest BCUT2D eigenvalue weighted by atomic mass is 16.6. The van der Waals surface area contributed by atoms with Crippen LogP contribution in [0.2, 0.25) is 0 Å². The smallest absolute Gasteiger partial charge is 0.189 e. The van der Waals surface area contributed by atoms with Crippen LogP contribution in [0.15, 0.2) is 36.4 Å². The normalized spacial score (nSPS) is 15.7. The summed E-state index contributed by atoms with van der Waals surface area (Å²) < 4.78 is 37.4. The summed E-state index contributed by atoms with van der Waals surface area (Å²) in [4.78, 5) is 0. The summed E-state index contributed by atoms with van der Waals surface area (Å²) in [5, 5.41) is 40.4. The zero-order valence-electron chi connectivity index (χ0n) is 28.9. The van der Waals surface area contributed by atoms with Crippen LogP contribution in [0.5, 0.6) is 57.5 Å². The van der Waals surface area contributed by atoms with Crippen LogP contribution >= 0.6 is 0 Å². The van der Waals surface area contributed by atoms with Crippen LogP contribution in [0.3, 0.4) is 0 Å². The first kappa shape index (κ1) is 30.9. The fraction of sp³-hybridized carbons (Fsp3) is 0.190. The van der Waals surface area contributed by atoms with Crippen LogP contribution in [0, 0.1) is 73.0 Å². The molecule has 2 bridgehead atoms. The second-order valence-corrected chi connectivity index (χ2v) is 13.2. The molecule has 10 rings (SSSR count). The summed E-state index contributed by atoms with van der Waals surface area (Å²) in [7, 11) is 3.20. The molecule has 5 aliphatic rings. The van der Waals surface area contributed by atoms with Gasteiger partial charge in [0.2, 0.25) is 0 Å². The first-order chi connectivity index (χ1) is 25.2. The molecule has 0 saturated carbocycles. The van der Waals surface area contributed by atoms with E-state index >= 15 is 0 Å². The van der Waals surface area contributed by atoms with E-state index in [2.05, 4.69) is 24.3 Å². The van der Waals surface area contributed by atoms with Gasteiger partial charge in [0.1, 0.15) is 46.5 Å². The van der Waals surface area contributed by atoms with E-state index in [0.29, 0.717) is 79.0 Å². The zero-order valence-corrected chi connectivity index (χ0v) is 28.9. The van der Waals surface area contributed by atoms with Gasteiger partial charge in [-0.2, -0.15) is 21.0 Å². The minimum atomic E-state index is -0.329. The number of ether oxygens (including phenoxy) is 6. The Bertz CT molecular complexity index is 2380. The maximum absolute atomic E-state index is 10.1. The number of nitrogens with zero attached hydrogens (tertiary/aromatic N) is 4. The van der Waals surface area contributed by atoms with Gasteiger partial charge in [-0.15, -0.1) is 0 Å². The van der Waals surface area contributed by atoms with Gasteiger partial charge < -0.3 is 28.4 Å². The van der Waals surface area contributed by atoms with E-state index in [-0.39, 0.29) is 34.8 Å². The second-order valence-electron chi connectivity index (χ2n) is 13.2. The van der Waals surface area contributed by atoms with Crippen molar-refractivity contribution in [1.29, 1.82) is 21.0 Å². The van der Waals surface area contributed by atoms with Crippen molar-refractivity contribution in [1.82, 2.24) is 0 Å². The average molecular weight is 683 g/mol. The number of fused-ring (bicyclic) bond motifs is 4. The molecule has 0 aromatic heterocycles. The van der Waals surface area contributed by atoms with Crippen LogP contribution in [0.1, 0.15) is 89.7 Å². The number of rotatable bonds is 2. The average Bonchev–Trinajstić information content (AvgIpc) is 3.15. The first-order valence-corrected chi connectivity index (χ1v) is 16.4. The highest BCUT2D eigenvalue weighted by Crippen LogP contribution is 2.63. The maximum Gasteiger partial charge on any atom is 0.189 e. The molecule has 0 radical (unpaired) electrons. The molecule has 250 valence electrons. The molecule has 0 atom stereocenters. The van der Waals surface area contributed by atoms with E-state index < -0.39 is 0 Å². The third kappa shape index (κ3) is 3.79. The van der Waals surface area contributed by atoms with Crippen LogP contribution in [-0.2, 0) is 0 Å². The molecule has 0 amide bonds. The van der Waals surface area contributed by atoms with Gasteiger partial charge in [0.05, 0.1) is 14.2 Å². The molecule has 52 heavy (non-hydrogen) atoms. The zero-order chi connectivity index (χ0) is 36.3. The van der Waals surface area contributed by atoms with Crippen LogP contribution in [-0.4, -0.2) is 14.2 Å². The van der Waals surface area contributed by atoms with Gasteiger partial charge >= 0.3 is 0 Å². The number of nitriles is 4. The summed E-state index contributed by atoms with van der Waals surface area (Å²) in [6.07, 6.45) is 0. The number of benzene rings is 5. The Morgan fingerprint density at radius 3 is 0.865 bits per heavy atom. The lowest BCUT2D eigenvalue weighted by atomic mass is 9.61. The standard InChI is InChI=1S/C42H26N4O6/c1-17-18(2)28(14-44)40-39(27(17)13-43)49-33-9-23-24(10-34(33)50-40)38-22-8-32(48-6)31(47-5)7-21(22)37(23)25-11-35-36(12-26(25)38)52-42-30(16-46)20(4)19(3)29(15-45)41(42)51-35/h7-12,37-38H,1-6H3. The van der Waals surface area contributed by atoms with Gasteiger partial charge in [0, 0.05) is 11.8 Å². The molecule has 0 saturated heterocycles. The van der Waals surface area contributed by atoms with Gasteiger partial charge in [0.15, 0.2) is 57.5 Å². The van der Waals surface area contributed by atoms with Crippen molar-refractivity contribution in [2.45, 2.75) is 39.5 Å². The Labute approximate surface area is 298 Å². The summed E-state index contributed by atoms with van der Waals surface area (Å²) in [6, 6.07) is 20.7. The summed E-state index contributed by atoms with van der Waals surface area (Å²) in [5.41, 5.74) is 9.73. The maximum atomic E-state index is 10.1. The number of methoxy groups -OCH3 is 2. The van der Waals surface area contributed by atoms with Crippen molar-refractivity contribution in [3.8, 4) is 81.8 Å². The third-order valence-electron chi connectivity index (χ3n) is 11.0. The molecule has 0 N–H and O–H groups in total. The molecule has 0 fully saturated rings. The van der Waals surface area contributed by atoms with Crippen molar-refractivity contribution in [2.24, 2.45) is 0 Å². The Morgan fingerprint density at radius 1 is 0.423 bits per heavy atom. The van der Waals surface area contributed by atoms with E-state index in [4.69, 9.17) is 28.4 Å². The summed E-state index contributed by atoms with van der Waals surface area (Å²) in [6.45, 7) is 7.18. The predicted molar refractivity (Wildman–Crippen MR) is 185 cm³/mol. The molecule has 2 heterocycles. The van der Waals surface area contributed by atoms with E-state index in [9.17, 15) is 21.0 Å². The fourth-order valence-electron chi connectivity index (χ4n) is 8.17. The highest BCUT2D eigenvalue weighted by Gasteiger charge is 2.45. The Morgan fingerprint density at radius 2 is 0.654 bits per heavy atom.